The number of benzene rings is 1. The summed E-state index contributed by atoms with van der Waals surface area (Å²) in [4.78, 5) is 4.33. The second kappa shape index (κ2) is 4.18. The van der Waals surface area contributed by atoms with Gasteiger partial charge in [0.1, 0.15) is 0 Å². The summed E-state index contributed by atoms with van der Waals surface area (Å²) in [5, 5.41) is 0.668. The van der Waals surface area contributed by atoms with Crippen LogP contribution in [0.25, 0.3) is 5.69 Å². The molecule has 1 aromatic heterocycles. The summed E-state index contributed by atoms with van der Waals surface area (Å²) in [6.07, 6.45) is 3.74. The largest absolute Gasteiger partial charge is 0.399 e. The first-order valence-corrected chi connectivity index (χ1v) is 5.55. The molecule has 0 aliphatic heterocycles. The van der Waals surface area contributed by atoms with E-state index < -0.39 is 0 Å². The highest BCUT2D eigenvalue weighted by molar-refractivity contribution is 6.32. The molecule has 0 saturated carbocycles. The summed E-state index contributed by atoms with van der Waals surface area (Å²) in [5.41, 5.74) is 8.34. The van der Waals surface area contributed by atoms with E-state index in [2.05, 4.69) is 18.8 Å². The molecule has 2 N–H and O–H groups in total. The Bertz CT molecular complexity index is 503. The predicted molar refractivity (Wildman–Crippen MR) is 67.1 cm³/mol. The first-order chi connectivity index (χ1) is 7.58. The van der Waals surface area contributed by atoms with Crippen molar-refractivity contribution in [2.24, 2.45) is 0 Å². The van der Waals surface area contributed by atoms with E-state index in [9.17, 15) is 0 Å². The molecule has 2 aromatic rings. The lowest BCUT2D eigenvalue weighted by atomic mass is 10.2. The van der Waals surface area contributed by atoms with Crippen LogP contribution in [0.4, 0.5) is 5.69 Å². The molecule has 1 aromatic carbocycles. The highest BCUT2D eigenvalue weighted by atomic mass is 35.5. The molecule has 0 atom stereocenters. The summed E-state index contributed by atoms with van der Waals surface area (Å²) in [7, 11) is 0. The normalized spacial score (nSPS) is 11.0. The number of anilines is 1. The van der Waals surface area contributed by atoms with Gasteiger partial charge in [-0.2, -0.15) is 0 Å². The minimum Gasteiger partial charge on any atom is -0.399 e. The maximum atomic E-state index is 6.12. The fourth-order valence-corrected chi connectivity index (χ4v) is 1.71. The fourth-order valence-electron chi connectivity index (χ4n) is 1.50. The van der Waals surface area contributed by atoms with Crippen molar-refractivity contribution >= 4 is 17.3 Å². The zero-order chi connectivity index (χ0) is 11.7. The minimum atomic E-state index is 0.404. The van der Waals surface area contributed by atoms with Gasteiger partial charge in [-0.25, -0.2) is 4.98 Å². The van der Waals surface area contributed by atoms with E-state index >= 15 is 0 Å². The molecule has 0 spiro atoms. The van der Waals surface area contributed by atoms with Crippen molar-refractivity contribution in [1.82, 2.24) is 9.55 Å². The number of imidazole rings is 1. The monoisotopic (exact) mass is 235 g/mol. The Balaban J connectivity index is 2.46. The molecule has 4 heteroatoms. The molecule has 0 saturated heterocycles. The minimum absolute atomic E-state index is 0.404. The number of rotatable bonds is 2. The molecule has 1 heterocycles. The molecule has 0 amide bonds. The van der Waals surface area contributed by atoms with Gasteiger partial charge in [-0.15, -0.1) is 0 Å². The topological polar surface area (TPSA) is 43.8 Å². The van der Waals surface area contributed by atoms with Crippen LogP contribution in [-0.4, -0.2) is 9.55 Å². The van der Waals surface area contributed by atoms with Crippen molar-refractivity contribution in [3.63, 3.8) is 0 Å². The van der Waals surface area contributed by atoms with Gasteiger partial charge in [-0.05, 0) is 24.1 Å². The first-order valence-electron chi connectivity index (χ1n) is 5.17. The van der Waals surface area contributed by atoms with Gasteiger partial charge in [0.15, 0.2) is 0 Å². The zero-order valence-corrected chi connectivity index (χ0v) is 10.1. The third kappa shape index (κ3) is 2.04. The smallest absolute Gasteiger partial charge is 0.0995 e. The van der Waals surface area contributed by atoms with Crippen LogP contribution in [-0.2, 0) is 0 Å². The second-order valence-corrected chi connectivity index (χ2v) is 4.48. The molecule has 0 bridgehead atoms. The van der Waals surface area contributed by atoms with Crippen molar-refractivity contribution in [1.29, 1.82) is 0 Å². The molecule has 0 radical (unpaired) electrons. The number of halogens is 1. The summed E-state index contributed by atoms with van der Waals surface area (Å²) in [5.74, 6) is 0.404. The predicted octanol–water partition coefficient (Wildman–Crippen LogP) is 3.23. The van der Waals surface area contributed by atoms with Crippen molar-refractivity contribution in [2.75, 3.05) is 5.73 Å². The van der Waals surface area contributed by atoms with Crippen LogP contribution < -0.4 is 5.73 Å². The van der Waals surface area contributed by atoms with Gasteiger partial charge in [-0.1, -0.05) is 25.4 Å². The molecule has 3 nitrogen and oxygen atoms in total. The lowest BCUT2D eigenvalue weighted by Gasteiger charge is -2.05. The fraction of sp³-hybridized carbons (Fsp3) is 0.250. The Morgan fingerprint density at radius 3 is 2.75 bits per heavy atom. The van der Waals surface area contributed by atoms with Gasteiger partial charge >= 0.3 is 0 Å². The lowest BCUT2D eigenvalue weighted by Crippen LogP contribution is -1.94. The quantitative estimate of drug-likeness (QED) is 0.813. The van der Waals surface area contributed by atoms with Crippen LogP contribution in [0.2, 0.25) is 5.02 Å². The van der Waals surface area contributed by atoms with E-state index in [0.717, 1.165) is 11.4 Å². The Kier molecular flexibility index (Phi) is 2.88. The van der Waals surface area contributed by atoms with Crippen LogP contribution in [0.5, 0.6) is 0 Å². The number of nitrogens with two attached hydrogens (primary N) is 1. The van der Waals surface area contributed by atoms with Crippen LogP contribution in [0, 0.1) is 0 Å². The standard InChI is InChI=1S/C12H14ClN3/c1-8(2)11-6-16(7-15-11)12-5-9(14)3-4-10(12)13/h3-8H,14H2,1-2H3. The van der Waals surface area contributed by atoms with E-state index in [1.807, 2.05) is 16.8 Å². The number of hydrogen-bond acceptors (Lipinski definition) is 2. The molecule has 0 aliphatic rings. The van der Waals surface area contributed by atoms with E-state index in [4.69, 9.17) is 17.3 Å². The average Bonchev–Trinajstić information content (AvgIpc) is 2.70. The van der Waals surface area contributed by atoms with Crippen molar-refractivity contribution in [2.45, 2.75) is 19.8 Å². The zero-order valence-electron chi connectivity index (χ0n) is 9.31. The molecule has 16 heavy (non-hydrogen) atoms. The maximum absolute atomic E-state index is 6.12. The Labute approximate surface area is 99.9 Å². The summed E-state index contributed by atoms with van der Waals surface area (Å²) >= 11 is 6.12. The van der Waals surface area contributed by atoms with E-state index in [1.165, 1.54) is 0 Å². The number of hydrogen-bond donors (Lipinski definition) is 1. The van der Waals surface area contributed by atoms with Crippen molar-refractivity contribution < 1.29 is 0 Å². The van der Waals surface area contributed by atoms with Gasteiger partial charge in [0.2, 0.25) is 0 Å². The molecule has 0 unspecified atom stereocenters. The second-order valence-electron chi connectivity index (χ2n) is 4.07. The molecule has 0 fully saturated rings. The molecule has 2 rings (SSSR count). The Morgan fingerprint density at radius 1 is 1.38 bits per heavy atom. The third-order valence-corrected chi connectivity index (χ3v) is 2.76. The number of nitrogen functional groups attached to an aromatic ring is 1. The molecule has 0 aliphatic carbocycles. The highest BCUT2D eigenvalue weighted by Gasteiger charge is 2.07. The molecular formula is C12H14ClN3. The van der Waals surface area contributed by atoms with Crippen LogP contribution in [0.3, 0.4) is 0 Å². The summed E-state index contributed by atoms with van der Waals surface area (Å²) in [6.45, 7) is 4.21. The van der Waals surface area contributed by atoms with Crippen LogP contribution in [0.1, 0.15) is 25.5 Å². The van der Waals surface area contributed by atoms with Gasteiger partial charge in [0.25, 0.3) is 0 Å². The summed E-state index contributed by atoms with van der Waals surface area (Å²) < 4.78 is 1.90. The van der Waals surface area contributed by atoms with Crippen molar-refractivity contribution in [3.8, 4) is 5.69 Å². The van der Waals surface area contributed by atoms with Crippen molar-refractivity contribution in [3.05, 3.63) is 41.4 Å². The maximum Gasteiger partial charge on any atom is 0.0995 e. The van der Waals surface area contributed by atoms with Crippen LogP contribution >= 0.6 is 11.6 Å². The first kappa shape index (κ1) is 11.0. The third-order valence-electron chi connectivity index (χ3n) is 2.44. The van der Waals surface area contributed by atoms with Gasteiger partial charge < -0.3 is 10.3 Å². The Morgan fingerprint density at radius 2 is 2.12 bits per heavy atom. The van der Waals surface area contributed by atoms with E-state index in [-0.39, 0.29) is 0 Å². The van der Waals surface area contributed by atoms with Gasteiger partial charge in [0.05, 0.1) is 22.7 Å². The number of aromatic nitrogens is 2. The SMILES string of the molecule is CC(C)c1cn(-c2cc(N)ccc2Cl)cn1. The number of nitrogens with zero attached hydrogens (tertiary/aromatic N) is 2. The molecular weight excluding hydrogens is 222 g/mol. The van der Waals surface area contributed by atoms with E-state index in [1.54, 1.807) is 18.5 Å². The average molecular weight is 236 g/mol. The highest BCUT2D eigenvalue weighted by Crippen LogP contribution is 2.24. The Hall–Kier alpha value is -1.48. The van der Waals surface area contributed by atoms with Crippen LogP contribution in [0.15, 0.2) is 30.7 Å². The molecule has 84 valence electrons. The van der Waals surface area contributed by atoms with E-state index in [0.29, 0.717) is 16.6 Å². The van der Waals surface area contributed by atoms with Gasteiger partial charge in [-0.3, -0.25) is 0 Å². The van der Waals surface area contributed by atoms with Gasteiger partial charge in [0, 0.05) is 11.9 Å². The lowest BCUT2D eigenvalue weighted by molar-refractivity contribution is 0.831. The summed E-state index contributed by atoms with van der Waals surface area (Å²) in [6, 6.07) is 5.42.